The molecule has 0 aromatic rings. The maximum atomic E-state index is 2.32. The maximum Gasteiger partial charge on any atom is -0.0417 e. The Bertz CT molecular complexity index is 141. The highest BCUT2D eigenvalue weighted by Gasteiger charge is 2.19. The minimum absolute atomic E-state index is 0.884. The fourth-order valence-electron chi connectivity index (χ4n) is 2.21. The van der Waals surface area contributed by atoms with Crippen molar-refractivity contribution in [2.45, 2.75) is 100 Å². The number of rotatable bonds is 2. The summed E-state index contributed by atoms with van der Waals surface area (Å²) < 4.78 is 0. The van der Waals surface area contributed by atoms with E-state index < -0.39 is 0 Å². The van der Waals surface area contributed by atoms with Gasteiger partial charge in [0.05, 0.1) is 0 Å². The molecule has 0 bridgehead atoms. The minimum Gasteiger partial charge on any atom is -0.0683 e. The molecule has 2 aliphatic carbocycles. The highest BCUT2D eigenvalue weighted by molar-refractivity contribution is 4.71. The molecule has 2 saturated carbocycles. The molecule has 0 N–H and O–H groups in total. The Morgan fingerprint density at radius 2 is 1.26 bits per heavy atom. The largest absolute Gasteiger partial charge is 0.0683 e. The highest BCUT2D eigenvalue weighted by atomic mass is 14.2. The molecule has 0 heterocycles. The van der Waals surface area contributed by atoms with Gasteiger partial charge >= 0.3 is 0 Å². The molecule has 0 atom stereocenters. The van der Waals surface area contributed by atoms with Crippen LogP contribution in [0.15, 0.2) is 0 Å². The summed E-state index contributed by atoms with van der Waals surface area (Å²) in [6.07, 6.45) is 10.2. The summed E-state index contributed by atoms with van der Waals surface area (Å²) in [4.78, 5) is 0. The van der Waals surface area contributed by atoms with Crippen molar-refractivity contribution in [3.63, 3.8) is 0 Å². The molecule has 0 aromatic carbocycles. The lowest BCUT2D eigenvalue weighted by Crippen LogP contribution is -2.16. The Kier molecular flexibility index (Phi) is 16.2. The molecule has 0 saturated heterocycles. The molecule has 2 aliphatic rings. The molecule has 0 spiro atoms. The molecule has 0 amide bonds. The van der Waals surface area contributed by atoms with Crippen molar-refractivity contribution in [1.82, 2.24) is 0 Å². The average Bonchev–Trinajstić information content (AvgIpc) is 2.30. The Morgan fingerprint density at radius 3 is 1.26 bits per heavy atom. The fraction of sp³-hybridized carbons (Fsp3) is 1.00. The predicted octanol–water partition coefficient (Wildman–Crippen LogP) is 7.33. The standard InChI is InChI=1S/2C6H12.C5H12.C2H6/c1-5-3-6(2)4-5;1-2-6-4-3-5-6;1-4-5(2)3;1-2/h5-6H,3-4H2,1-2H3;6H,2-5H2,1H3;5H,4H2,1-3H3;1-2H3. The second-order valence-corrected chi connectivity index (χ2v) is 6.69. The van der Waals surface area contributed by atoms with Crippen molar-refractivity contribution in [1.29, 1.82) is 0 Å². The Morgan fingerprint density at radius 1 is 0.895 bits per heavy atom. The molecule has 2 rings (SSSR count). The summed E-state index contributed by atoms with van der Waals surface area (Å²) in [5, 5.41) is 0. The third-order valence-corrected chi connectivity index (χ3v) is 4.23. The Hall–Kier alpha value is 0. The van der Waals surface area contributed by atoms with Gasteiger partial charge in [0.25, 0.3) is 0 Å². The molecule has 0 aliphatic heterocycles. The predicted molar refractivity (Wildman–Crippen MR) is 91.7 cm³/mol. The smallest absolute Gasteiger partial charge is 0.0417 e. The first kappa shape index (κ1) is 21.3. The lowest BCUT2D eigenvalue weighted by atomic mass is 9.78. The van der Waals surface area contributed by atoms with Gasteiger partial charge in [-0.2, -0.15) is 0 Å². The van der Waals surface area contributed by atoms with E-state index in [0.717, 1.165) is 23.7 Å². The van der Waals surface area contributed by atoms with E-state index >= 15 is 0 Å². The maximum absolute atomic E-state index is 2.32. The first-order valence-corrected chi connectivity index (χ1v) is 8.99. The lowest BCUT2D eigenvalue weighted by Gasteiger charge is -2.28. The van der Waals surface area contributed by atoms with E-state index in [0.29, 0.717) is 0 Å². The third-order valence-electron chi connectivity index (χ3n) is 4.23. The van der Waals surface area contributed by atoms with Crippen molar-refractivity contribution in [3.8, 4) is 0 Å². The zero-order chi connectivity index (χ0) is 15.3. The van der Waals surface area contributed by atoms with Crippen molar-refractivity contribution in [2.24, 2.45) is 23.7 Å². The number of hydrogen-bond acceptors (Lipinski definition) is 0. The first-order valence-electron chi connectivity index (χ1n) is 8.99. The van der Waals surface area contributed by atoms with E-state index in [-0.39, 0.29) is 0 Å². The van der Waals surface area contributed by atoms with E-state index in [4.69, 9.17) is 0 Å². The van der Waals surface area contributed by atoms with Gasteiger partial charge in [0, 0.05) is 0 Å². The van der Waals surface area contributed by atoms with E-state index in [9.17, 15) is 0 Å². The van der Waals surface area contributed by atoms with Crippen molar-refractivity contribution < 1.29 is 0 Å². The van der Waals surface area contributed by atoms with Crippen LogP contribution in [0.2, 0.25) is 0 Å². The molecule has 0 nitrogen and oxygen atoms in total. The Balaban J connectivity index is 0. The average molecular weight is 271 g/mol. The lowest BCUT2D eigenvalue weighted by molar-refractivity contribution is 0.233. The normalized spacial score (nSPS) is 24.5. The van der Waals surface area contributed by atoms with Crippen LogP contribution in [-0.4, -0.2) is 0 Å². The summed E-state index contributed by atoms with van der Waals surface area (Å²) in [6.45, 7) is 17.6. The zero-order valence-corrected chi connectivity index (χ0v) is 15.3. The SMILES string of the molecule is CC.CC1CC(C)C1.CCC(C)C.CCC1CCC1. The van der Waals surface area contributed by atoms with Crippen LogP contribution in [0, 0.1) is 23.7 Å². The topological polar surface area (TPSA) is 0 Å². The second-order valence-electron chi connectivity index (χ2n) is 6.69. The molecule has 19 heavy (non-hydrogen) atoms. The van der Waals surface area contributed by atoms with Gasteiger partial charge in [-0.25, -0.2) is 0 Å². The van der Waals surface area contributed by atoms with Crippen LogP contribution in [-0.2, 0) is 0 Å². The van der Waals surface area contributed by atoms with E-state index in [2.05, 4.69) is 41.5 Å². The van der Waals surface area contributed by atoms with Gasteiger partial charge in [0.15, 0.2) is 0 Å². The van der Waals surface area contributed by atoms with Crippen molar-refractivity contribution in [3.05, 3.63) is 0 Å². The van der Waals surface area contributed by atoms with Gasteiger partial charge in [0.1, 0.15) is 0 Å². The van der Waals surface area contributed by atoms with Crippen molar-refractivity contribution in [2.75, 3.05) is 0 Å². The molecule has 2 fully saturated rings. The number of hydrogen-bond donors (Lipinski definition) is 0. The quantitative estimate of drug-likeness (QED) is 0.493. The van der Waals surface area contributed by atoms with Gasteiger partial charge in [-0.3, -0.25) is 0 Å². The molecular formula is C19H42. The molecular weight excluding hydrogens is 228 g/mol. The van der Waals surface area contributed by atoms with Gasteiger partial charge in [-0.05, 0) is 36.5 Å². The molecule has 118 valence electrons. The summed E-state index contributed by atoms with van der Waals surface area (Å²) in [5.41, 5.74) is 0. The molecule has 0 radical (unpaired) electrons. The van der Waals surface area contributed by atoms with E-state index in [1.165, 1.54) is 44.9 Å². The van der Waals surface area contributed by atoms with Gasteiger partial charge < -0.3 is 0 Å². The van der Waals surface area contributed by atoms with Crippen LogP contribution < -0.4 is 0 Å². The zero-order valence-electron chi connectivity index (χ0n) is 15.3. The first-order chi connectivity index (χ1) is 8.99. The summed E-state index contributed by atoms with van der Waals surface area (Å²) in [7, 11) is 0. The highest BCUT2D eigenvalue weighted by Crippen LogP contribution is 2.31. The molecule has 0 heteroatoms. The van der Waals surface area contributed by atoms with Gasteiger partial charge in [-0.1, -0.05) is 87.5 Å². The summed E-state index contributed by atoms with van der Waals surface area (Å²) in [5.74, 6) is 4.08. The van der Waals surface area contributed by atoms with Gasteiger partial charge in [-0.15, -0.1) is 0 Å². The minimum atomic E-state index is 0.884. The van der Waals surface area contributed by atoms with Crippen LogP contribution in [0.5, 0.6) is 0 Å². The molecule has 0 unspecified atom stereocenters. The van der Waals surface area contributed by atoms with Crippen LogP contribution in [0.25, 0.3) is 0 Å². The summed E-state index contributed by atoms with van der Waals surface area (Å²) >= 11 is 0. The fourth-order valence-corrected chi connectivity index (χ4v) is 2.21. The third kappa shape index (κ3) is 14.2. The monoisotopic (exact) mass is 270 g/mol. The second kappa shape index (κ2) is 14.4. The Labute approximate surface area is 124 Å². The van der Waals surface area contributed by atoms with Crippen molar-refractivity contribution >= 4 is 0 Å². The molecule has 0 aromatic heterocycles. The van der Waals surface area contributed by atoms with Crippen LogP contribution in [0.1, 0.15) is 100 Å². The van der Waals surface area contributed by atoms with Crippen LogP contribution >= 0.6 is 0 Å². The van der Waals surface area contributed by atoms with Crippen LogP contribution in [0.3, 0.4) is 0 Å². The van der Waals surface area contributed by atoms with E-state index in [1.807, 2.05) is 13.8 Å². The van der Waals surface area contributed by atoms with Gasteiger partial charge in [0.2, 0.25) is 0 Å². The summed E-state index contributed by atoms with van der Waals surface area (Å²) in [6, 6.07) is 0. The van der Waals surface area contributed by atoms with Crippen LogP contribution in [0.4, 0.5) is 0 Å². The van der Waals surface area contributed by atoms with E-state index in [1.54, 1.807) is 0 Å².